The molecule has 12 N–H and O–H groups in total. The highest BCUT2D eigenvalue weighted by Crippen LogP contribution is 2.03. The Balaban J connectivity index is 5.55. The van der Waals surface area contributed by atoms with Gasteiger partial charge in [0.1, 0.15) is 24.2 Å². The first-order valence-electron chi connectivity index (χ1n) is 11.2. The summed E-state index contributed by atoms with van der Waals surface area (Å²) in [6.07, 6.45) is 0.755. The van der Waals surface area contributed by atoms with Gasteiger partial charge in [-0.05, 0) is 24.9 Å². The number of carboxylic acid groups (broad SMARTS) is 1. The molecule has 0 aliphatic heterocycles. The number of carbonyl (C=O) groups excluding carboxylic acids is 6. The van der Waals surface area contributed by atoms with Gasteiger partial charge in [-0.1, -0.05) is 0 Å². The van der Waals surface area contributed by atoms with Crippen molar-refractivity contribution in [3.8, 4) is 0 Å². The van der Waals surface area contributed by atoms with Crippen molar-refractivity contribution in [2.24, 2.45) is 17.2 Å². The lowest BCUT2D eigenvalue weighted by Gasteiger charge is -2.25. The summed E-state index contributed by atoms with van der Waals surface area (Å²) in [5.74, 6) is -6.76. The first kappa shape index (κ1) is 34.9. The molecule has 216 valence electrons. The van der Waals surface area contributed by atoms with Crippen LogP contribution >= 0.6 is 24.4 Å². The number of primary amides is 2. The molecule has 0 aromatic heterocycles. The van der Waals surface area contributed by atoms with Crippen LogP contribution in [0.3, 0.4) is 0 Å². The van der Waals surface area contributed by atoms with Crippen molar-refractivity contribution in [1.82, 2.24) is 21.3 Å². The minimum absolute atomic E-state index is 0.277. The van der Waals surface area contributed by atoms with Crippen LogP contribution in [0.25, 0.3) is 0 Å². The van der Waals surface area contributed by atoms with Crippen LogP contribution in [0, 0.1) is 0 Å². The van der Waals surface area contributed by atoms with E-state index in [9.17, 15) is 38.7 Å². The van der Waals surface area contributed by atoms with Gasteiger partial charge in [-0.25, -0.2) is 4.79 Å². The molecule has 0 saturated heterocycles. The van der Waals surface area contributed by atoms with E-state index in [1.54, 1.807) is 6.26 Å². The zero-order chi connectivity index (χ0) is 29.4. The number of aliphatic carboxylic acids is 1. The summed E-state index contributed by atoms with van der Waals surface area (Å²) in [5, 5.41) is 27.5. The van der Waals surface area contributed by atoms with Crippen molar-refractivity contribution in [3.05, 3.63) is 0 Å². The number of aliphatic hydroxyl groups is 1. The van der Waals surface area contributed by atoms with Gasteiger partial charge < -0.3 is 48.7 Å². The van der Waals surface area contributed by atoms with Crippen LogP contribution < -0.4 is 38.5 Å². The quantitative estimate of drug-likeness (QED) is 0.0645. The maximum absolute atomic E-state index is 12.7. The molecule has 18 heteroatoms. The molecule has 0 saturated carbocycles. The van der Waals surface area contributed by atoms with E-state index in [0.29, 0.717) is 5.75 Å². The number of carbonyl (C=O) groups is 7. The second-order valence-corrected chi connectivity index (χ2v) is 9.36. The lowest BCUT2D eigenvalue weighted by Crippen LogP contribution is -2.60. The fourth-order valence-electron chi connectivity index (χ4n) is 2.82. The molecule has 38 heavy (non-hydrogen) atoms. The van der Waals surface area contributed by atoms with E-state index in [2.05, 4.69) is 33.9 Å². The van der Waals surface area contributed by atoms with Crippen LogP contribution in [0.1, 0.15) is 25.7 Å². The molecular formula is C20H35N7O9S2. The predicted octanol–water partition coefficient (Wildman–Crippen LogP) is -4.85. The minimum Gasteiger partial charge on any atom is -0.480 e. The van der Waals surface area contributed by atoms with Crippen LogP contribution in [0.2, 0.25) is 0 Å². The van der Waals surface area contributed by atoms with E-state index in [1.165, 1.54) is 11.8 Å². The molecule has 0 aliphatic rings. The van der Waals surface area contributed by atoms with Gasteiger partial charge in [0, 0.05) is 12.2 Å². The molecule has 0 aromatic carbocycles. The highest BCUT2D eigenvalue weighted by Gasteiger charge is 2.32. The van der Waals surface area contributed by atoms with Gasteiger partial charge in [-0.15, -0.1) is 0 Å². The van der Waals surface area contributed by atoms with Crippen molar-refractivity contribution in [2.75, 3.05) is 24.4 Å². The molecule has 5 atom stereocenters. The summed E-state index contributed by atoms with van der Waals surface area (Å²) in [4.78, 5) is 84.1. The molecule has 0 aromatic rings. The Morgan fingerprint density at radius 1 is 0.789 bits per heavy atom. The highest BCUT2D eigenvalue weighted by molar-refractivity contribution is 7.98. The summed E-state index contributed by atoms with van der Waals surface area (Å²) >= 11 is 5.27. The van der Waals surface area contributed by atoms with E-state index in [4.69, 9.17) is 22.3 Å². The third-order valence-corrected chi connectivity index (χ3v) is 5.94. The second-order valence-electron chi connectivity index (χ2n) is 8.01. The molecule has 0 bridgehead atoms. The first-order chi connectivity index (χ1) is 17.8. The summed E-state index contributed by atoms with van der Waals surface area (Å²) in [6, 6.07) is -7.07. The zero-order valence-electron chi connectivity index (χ0n) is 20.7. The third-order valence-electron chi connectivity index (χ3n) is 4.93. The summed E-state index contributed by atoms with van der Waals surface area (Å²) in [5.41, 5.74) is 16.0. The average molecular weight is 582 g/mol. The zero-order valence-corrected chi connectivity index (χ0v) is 22.4. The van der Waals surface area contributed by atoms with Gasteiger partial charge in [-0.3, -0.25) is 28.8 Å². The predicted molar refractivity (Wildman–Crippen MR) is 140 cm³/mol. The van der Waals surface area contributed by atoms with E-state index in [1.807, 2.05) is 0 Å². The summed E-state index contributed by atoms with van der Waals surface area (Å²) < 4.78 is 0. The van der Waals surface area contributed by atoms with E-state index >= 15 is 0 Å². The maximum Gasteiger partial charge on any atom is 0.327 e. The van der Waals surface area contributed by atoms with Crippen molar-refractivity contribution >= 4 is 65.8 Å². The number of thiol groups is 1. The summed E-state index contributed by atoms with van der Waals surface area (Å²) in [7, 11) is 0. The number of carboxylic acids is 1. The molecule has 6 amide bonds. The molecule has 0 spiro atoms. The maximum atomic E-state index is 12.7. The Labute approximate surface area is 228 Å². The number of thioether (sulfide) groups is 1. The van der Waals surface area contributed by atoms with Crippen molar-refractivity contribution in [2.45, 2.75) is 55.9 Å². The molecule has 0 radical (unpaired) electrons. The number of nitrogens with two attached hydrogens (primary N) is 3. The smallest absolute Gasteiger partial charge is 0.327 e. The molecule has 0 heterocycles. The molecule has 0 unspecified atom stereocenters. The SMILES string of the molecule is CSCC[C@H](N)C(=O)N[C@@H](CC(N)=O)C(=O)N[C@@H](CO)C(=O)N[C@@H](CCC(N)=O)C(=O)N[C@@H](CS)C(=O)O. The number of hydrogen-bond donors (Lipinski definition) is 10. The summed E-state index contributed by atoms with van der Waals surface area (Å²) in [6.45, 7) is -0.972. The van der Waals surface area contributed by atoms with Crippen LogP contribution in [0.15, 0.2) is 0 Å². The topological polar surface area (TPSA) is 286 Å². The van der Waals surface area contributed by atoms with Gasteiger partial charge in [-0.2, -0.15) is 24.4 Å². The second kappa shape index (κ2) is 18.2. The number of rotatable bonds is 19. The molecule has 16 nitrogen and oxygen atoms in total. The fourth-order valence-corrected chi connectivity index (χ4v) is 3.55. The van der Waals surface area contributed by atoms with Crippen molar-refractivity contribution in [1.29, 1.82) is 0 Å². The molecule has 0 rings (SSSR count). The Morgan fingerprint density at radius 2 is 1.29 bits per heavy atom. The van der Waals surface area contributed by atoms with Gasteiger partial charge in [0.15, 0.2) is 0 Å². The van der Waals surface area contributed by atoms with Crippen molar-refractivity contribution in [3.63, 3.8) is 0 Å². The van der Waals surface area contributed by atoms with Crippen LogP contribution in [0.5, 0.6) is 0 Å². The Hall–Kier alpha value is -3.09. The average Bonchev–Trinajstić information content (AvgIpc) is 2.84. The van der Waals surface area contributed by atoms with Crippen LogP contribution in [-0.2, 0) is 33.6 Å². The monoisotopic (exact) mass is 581 g/mol. The number of amides is 6. The van der Waals surface area contributed by atoms with E-state index < -0.39 is 84.6 Å². The Morgan fingerprint density at radius 3 is 1.76 bits per heavy atom. The Bertz CT molecular complexity index is 878. The van der Waals surface area contributed by atoms with E-state index in [-0.39, 0.29) is 25.0 Å². The number of aliphatic hydroxyl groups excluding tert-OH is 1. The van der Waals surface area contributed by atoms with Crippen LogP contribution in [-0.4, -0.2) is 106 Å². The normalized spacial score (nSPS) is 14.6. The number of nitrogens with one attached hydrogen (secondary N) is 4. The largest absolute Gasteiger partial charge is 0.480 e. The van der Waals surface area contributed by atoms with Gasteiger partial charge in [0.05, 0.1) is 19.1 Å². The van der Waals surface area contributed by atoms with Gasteiger partial charge >= 0.3 is 5.97 Å². The third kappa shape index (κ3) is 13.5. The molecular weight excluding hydrogens is 546 g/mol. The lowest BCUT2D eigenvalue weighted by molar-refractivity contribution is -0.141. The highest BCUT2D eigenvalue weighted by atomic mass is 32.2. The lowest BCUT2D eigenvalue weighted by atomic mass is 10.1. The van der Waals surface area contributed by atoms with Crippen LogP contribution in [0.4, 0.5) is 0 Å². The minimum atomic E-state index is -1.68. The number of hydrogen-bond acceptors (Lipinski definition) is 11. The standard InChI is InChI=1S/C20H35N7O9S2/c1-38-5-4-9(21)16(31)25-11(6-15(23)30)18(33)26-12(7-28)19(34)24-10(2-3-14(22)29)17(32)27-13(8-37)20(35)36/h9-13,28,37H,2-8,21H2,1H3,(H2,22,29)(H2,23,30)(H,24,34)(H,25,31)(H,26,33)(H,27,32)(H,35,36)/t9-,10-,11-,12-,13-/m0/s1. The molecule has 0 fully saturated rings. The van der Waals surface area contributed by atoms with Gasteiger partial charge in [0.2, 0.25) is 35.4 Å². The van der Waals surface area contributed by atoms with Gasteiger partial charge in [0.25, 0.3) is 0 Å². The molecule has 0 aliphatic carbocycles. The fraction of sp³-hybridized carbons (Fsp3) is 0.650. The van der Waals surface area contributed by atoms with Crippen molar-refractivity contribution < 1.29 is 43.8 Å². The first-order valence-corrected chi connectivity index (χ1v) is 13.3. The van der Waals surface area contributed by atoms with E-state index in [0.717, 1.165) is 0 Å². The Kier molecular flexibility index (Phi) is 16.7.